The van der Waals surface area contributed by atoms with Crippen molar-refractivity contribution >= 4 is 0 Å². The molecule has 0 heterocycles. The molecule has 2 aromatic rings. The van der Waals surface area contributed by atoms with E-state index in [9.17, 15) is 5.11 Å². The maximum absolute atomic E-state index is 9.20. The fourth-order valence-corrected chi connectivity index (χ4v) is 2.22. The molecule has 2 rings (SSSR count). The Labute approximate surface area is 125 Å². The lowest BCUT2D eigenvalue weighted by Crippen LogP contribution is -2.29. The Kier molecular flexibility index (Phi) is 5.20. The maximum atomic E-state index is 9.20. The van der Waals surface area contributed by atoms with Crippen molar-refractivity contribution in [3.8, 4) is 11.5 Å². The van der Waals surface area contributed by atoms with Crippen LogP contribution in [0.1, 0.15) is 24.2 Å². The number of hydrogen-bond donors (Lipinski definition) is 2. The maximum Gasteiger partial charge on any atom is 0.142 e. The van der Waals surface area contributed by atoms with Crippen LogP contribution in [-0.2, 0) is 6.61 Å². The predicted molar refractivity (Wildman–Crippen MR) is 82.4 cm³/mol. The van der Waals surface area contributed by atoms with Gasteiger partial charge in [0.1, 0.15) is 17.6 Å². The summed E-state index contributed by atoms with van der Waals surface area (Å²) in [5.41, 5.74) is 7.79. The van der Waals surface area contributed by atoms with Crippen LogP contribution in [0.15, 0.2) is 48.5 Å². The zero-order chi connectivity index (χ0) is 15.2. The Morgan fingerprint density at radius 1 is 1.14 bits per heavy atom. The molecule has 0 aliphatic rings. The number of nitrogens with two attached hydrogens (primary N) is 1. The Morgan fingerprint density at radius 2 is 1.90 bits per heavy atom. The first-order chi connectivity index (χ1) is 10.2. The molecule has 0 bridgehead atoms. The van der Waals surface area contributed by atoms with Gasteiger partial charge in [0, 0.05) is 11.6 Å². The molecule has 0 aromatic heterocycles. The first-order valence-electron chi connectivity index (χ1n) is 6.90. The second kappa shape index (κ2) is 7.11. The van der Waals surface area contributed by atoms with E-state index < -0.39 is 0 Å². The van der Waals surface area contributed by atoms with E-state index in [2.05, 4.69) is 0 Å². The summed E-state index contributed by atoms with van der Waals surface area (Å²) in [4.78, 5) is 0. The molecule has 0 spiro atoms. The fourth-order valence-electron chi connectivity index (χ4n) is 2.22. The highest BCUT2D eigenvalue weighted by Gasteiger charge is 2.22. The monoisotopic (exact) mass is 287 g/mol. The highest BCUT2D eigenvalue weighted by molar-refractivity contribution is 5.37. The van der Waals surface area contributed by atoms with Crippen molar-refractivity contribution in [3.63, 3.8) is 0 Å². The van der Waals surface area contributed by atoms with Gasteiger partial charge in [0.2, 0.25) is 0 Å². The third kappa shape index (κ3) is 3.74. The van der Waals surface area contributed by atoms with E-state index in [0.29, 0.717) is 5.75 Å². The molecular formula is C17H21NO3. The van der Waals surface area contributed by atoms with Crippen LogP contribution in [0.5, 0.6) is 11.5 Å². The summed E-state index contributed by atoms with van der Waals surface area (Å²) in [6.07, 6.45) is -0.324. The van der Waals surface area contributed by atoms with Gasteiger partial charge in [-0.15, -0.1) is 0 Å². The van der Waals surface area contributed by atoms with Crippen LogP contribution in [0, 0.1) is 0 Å². The van der Waals surface area contributed by atoms with Crippen LogP contribution in [0.2, 0.25) is 0 Å². The number of aliphatic hydroxyl groups is 1. The van der Waals surface area contributed by atoms with Gasteiger partial charge < -0.3 is 20.3 Å². The summed E-state index contributed by atoms with van der Waals surface area (Å²) < 4.78 is 11.4. The fraction of sp³-hybridized carbons (Fsp3) is 0.294. The van der Waals surface area contributed by atoms with Crippen molar-refractivity contribution in [2.45, 2.75) is 25.7 Å². The molecule has 112 valence electrons. The number of aliphatic hydroxyl groups excluding tert-OH is 1. The van der Waals surface area contributed by atoms with Crippen molar-refractivity contribution < 1.29 is 14.6 Å². The second-order valence-electron chi connectivity index (χ2n) is 4.95. The topological polar surface area (TPSA) is 64.7 Å². The van der Waals surface area contributed by atoms with Gasteiger partial charge in [-0.1, -0.05) is 30.3 Å². The molecule has 0 fully saturated rings. The summed E-state index contributed by atoms with van der Waals surface area (Å²) in [7, 11) is 1.63. The first-order valence-corrected chi connectivity index (χ1v) is 6.90. The van der Waals surface area contributed by atoms with Crippen LogP contribution >= 0.6 is 0 Å². The average molecular weight is 287 g/mol. The molecular weight excluding hydrogens is 266 g/mol. The van der Waals surface area contributed by atoms with Crippen molar-refractivity contribution in [2.24, 2.45) is 5.73 Å². The minimum absolute atomic E-state index is 0.0191. The number of ether oxygens (including phenoxy) is 2. The lowest BCUT2D eigenvalue weighted by molar-refractivity contribution is 0.175. The summed E-state index contributed by atoms with van der Waals surface area (Å²) in [6.45, 7) is 1.88. The standard InChI is InChI=1S/C17H21NO3/c1-12(18)17(15-8-3-4-9-16(15)20-2)21-14-7-5-6-13(10-14)11-19/h3-10,12,17,19H,11,18H2,1-2H3. The average Bonchev–Trinajstić information content (AvgIpc) is 2.52. The van der Waals surface area contributed by atoms with Gasteiger partial charge in [-0.05, 0) is 30.7 Å². The molecule has 0 saturated heterocycles. The van der Waals surface area contributed by atoms with Gasteiger partial charge >= 0.3 is 0 Å². The van der Waals surface area contributed by atoms with E-state index in [-0.39, 0.29) is 18.8 Å². The van der Waals surface area contributed by atoms with E-state index in [1.54, 1.807) is 7.11 Å². The zero-order valence-corrected chi connectivity index (χ0v) is 12.3. The molecule has 4 nitrogen and oxygen atoms in total. The van der Waals surface area contributed by atoms with Gasteiger partial charge in [-0.25, -0.2) is 0 Å². The zero-order valence-electron chi connectivity index (χ0n) is 12.3. The lowest BCUT2D eigenvalue weighted by atomic mass is 10.0. The number of rotatable bonds is 6. The van der Waals surface area contributed by atoms with Crippen LogP contribution in [0.25, 0.3) is 0 Å². The quantitative estimate of drug-likeness (QED) is 0.857. The second-order valence-corrected chi connectivity index (χ2v) is 4.95. The normalized spacial score (nSPS) is 13.5. The SMILES string of the molecule is COc1ccccc1C(Oc1cccc(CO)c1)C(C)N. The molecule has 0 aliphatic carbocycles. The Balaban J connectivity index is 2.31. The minimum atomic E-state index is -0.324. The Morgan fingerprint density at radius 3 is 2.57 bits per heavy atom. The summed E-state index contributed by atoms with van der Waals surface area (Å²) in [5, 5.41) is 9.20. The molecule has 0 saturated carbocycles. The Hall–Kier alpha value is -2.04. The van der Waals surface area contributed by atoms with E-state index in [1.165, 1.54) is 0 Å². The van der Waals surface area contributed by atoms with E-state index in [4.69, 9.17) is 15.2 Å². The number of para-hydroxylation sites is 1. The minimum Gasteiger partial charge on any atom is -0.496 e. The molecule has 2 aromatic carbocycles. The lowest BCUT2D eigenvalue weighted by Gasteiger charge is -2.24. The molecule has 0 radical (unpaired) electrons. The summed E-state index contributed by atoms with van der Waals surface area (Å²) in [6, 6.07) is 14.8. The van der Waals surface area contributed by atoms with E-state index >= 15 is 0 Å². The highest BCUT2D eigenvalue weighted by atomic mass is 16.5. The third-order valence-corrected chi connectivity index (χ3v) is 3.27. The van der Waals surface area contributed by atoms with Crippen LogP contribution in [0.3, 0.4) is 0 Å². The van der Waals surface area contributed by atoms with Gasteiger partial charge in [0.15, 0.2) is 0 Å². The largest absolute Gasteiger partial charge is 0.496 e. The van der Waals surface area contributed by atoms with Crippen molar-refractivity contribution in [1.29, 1.82) is 0 Å². The molecule has 21 heavy (non-hydrogen) atoms. The molecule has 3 N–H and O–H groups in total. The molecule has 0 amide bonds. The number of methoxy groups -OCH3 is 1. The predicted octanol–water partition coefficient (Wildman–Crippen LogP) is 2.65. The number of hydrogen-bond acceptors (Lipinski definition) is 4. The van der Waals surface area contributed by atoms with Gasteiger partial charge in [-0.2, -0.15) is 0 Å². The van der Waals surface area contributed by atoms with E-state index in [0.717, 1.165) is 16.9 Å². The smallest absolute Gasteiger partial charge is 0.142 e. The molecule has 2 unspecified atom stereocenters. The van der Waals surface area contributed by atoms with Crippen LogP contribution in [0.4, 0.5) is 0 Å². The van der Waals surface area contributed by atoms with Crippen molar-refractivity contribution in [2.75, 3.05) is 7.11 Å². The number of benzene rings is 2. The van der Waals surface area contributed by atoms with Crippen molar-refractivity contribution in [1.82, 2.24) is 0 Å². The van der Waals surface area contributed by atoms with Gasteiger partial charge in [-0.3, -0.25) is 0 Å². The highest BCUT2D eigenvalue weighted by Crippen LogP contribution is 2.31. The molecule has 0 aliphatic heterocycles. The Bertz CT molecular complexity index is 584. The third-order valence-electron chi connectivity index (χ3n) is 3.27. The van der Waals surface area contributed by atoms with Crippen LogP contribution < -0.4 is 15.2 Å². The van der Waals surface area contributed by atoms with Gasteiger partial charge in [0.25, 0.3) is 0 Å². The van der Waals surface area contributed by atoms with E-state index in [1.807, 2.05) is 55.5 Å². The summed E-state index contributed by atoms with van der Waals surface area (Å²) in [5.74, 6) is 1.42. The first kappa shape index (κ1) is 15.4. The molecule has 4 heteroatoms. The van der Waals surface area contributed by atoms with Crippen molar-refractivity contribution in [3.05, 3.63) is 59.7 Å². The molecule has 2 atom stereocenters. The summed E-state index contributed by atoms with van der Waals surface area (Å²) >= 11 is 0. The van der Waals surface area contributed by atoms with Gasteiger partial charge in [0.05, 0.1) is 13.7 Å². The van der Waals surface area contributed by atoms with Crippen LogP contribution in [-0.4, -0.2) is 18.3 Å².